The minimum atomic E-state index is -1.05. The number of imide groups is 4. The molecule has 4 aliphatic carbocycles. The van der Waals surface area contributed by atoms with Crippen LogP contribution in [0.5, 0.6) is 0 Å². The van der Waals surface area contributed by atoms with Crippen LogP contribution in [0.25, 0.3) is 43.6 Å². The second kappa shape index (κ2) is 35.2. The number of carbonyl (C=O) groups is 13. The van der Waals surface area contributed by atoms with Crippen molar-refractivity contribution in [3.05, 3.63) is 72.8 Å². The number of piperidine rings is 4. The maximum absolute atomic E-state index is 15.6. The quantitative estimate of drug-likeness (QED) is 0.0163. The lowest BCUT2D eigenvalue weighted by molar-refractivity contribution is -0.171. The second-order valence-corrected chi connectivity index (χ2v) is 40.8. The van der Waals surface area contributed by atoms with Crippen molar-refractivity contribution in [2.24, 2.45) is 65.0 Å². The van der Waals surface area contributed by atoms with E-state index in [2.05, 4.69) is 57.0 Å². The third kappa shape index (κ3) is 15.9. The highest BCUT2D eigenvalue weighted by Crippen LogP contribution is 2.67. The zero-order valence-electron chi connectivity index (χ0n) is 76.4. The highest BCUT2D eigenvalue weighted by Gasteiger charge is 2.69. The third-order valence-corrected chi connectivity index (χ3v) is 31.5. The first-order valence-electron chi connectivity index (χ1n) is 47.8. The standard InChI is InChI=1S/C101H137N11O13/c1-13-34-90(53-94(38-17-5)61-95(54-90,39-18-6)83(119)107-82(94)118)78(114)103-65-25-29-73-69(49-65)70-50-66(104-79(115)91(35-14-2)55-96(40-19-7)62-97(56-91,41-20-8)85(121)108-84(96)120)26-30-74(70)111(73)47-33-77(113)102-46-48-112-75-31-27-67(105-80(116)92(36-15-3)57-98(42-21-9)63-99(58-92,43-22-10)87(123)109-86(98)122)51-71(75)72-52-68(28-32-76(72)112)106-81(117)93(37-16-4)59-100(44-23-11)64-101(60-93,45-24-12)89(125)110-88(100)124/h25-32,49-52H,13-24,33-48,53-64H2,1-12H3,(H,102,113)(H,103,114)(H,104,115)(H,105,116)(H,106,117)(H,107,118,119)(H,108,120,121)(H,109,122,123)(H,110,124,125)/t90?,91?,92?,93?,94-,95+,96-,97+,98-,99+,100-,101+. The summed E-state index contributed by atoms with van der Waals surface area (Å²) in [6.45, 7) is 25.1. The van der Waals surface area contributed by atoms with Gasteiger partial charge in [0.15, 0.2) is 0 Å². The Kier molecular flexibility index (Phi) is 25.8. The van der Waals surface area contributed by atoms with Gasteiger partial charge in [0.05, 0.1) is 65.0 Å². The first kappa shape index (κ1) is 91.6. The van der Waals surface area contributed by atoms with Crippen LogP contribution in [0.3, 0.4) is 0 Å². The molecule has 12 atom stereocenters. The summed E-state index contributed by atoms with van der Waals surface area (Å²) in [4.78, 5) is 191. The van der Waals surface area contributed by atoms with Crippen LogP contribution < -0.4 is 47.9 Å². The highest BCUT2D eigenvalue weighted by atomic mass is 16.2. The highest BCUT2D eigenvalue weighted by molar-refractivity contribution is 6.16. The number of rotatable bonds is 38. The largest absolute Gasteiger partial charge is 0.354 e. The molecule has 4 aliphatic heterocycles. The van der Waals surface area contributed by atoms with Crippen LogP contribution in [-0.2, 0) is 75.4 Å². The molecule has 8 bridgehead atoms. The lowest BCUT2D eigenvalue weighted by Gasteiger charge is -2.57. The molecule has 24 nitrogen and oxygen atoms in total. The summed E-state index contributed by atoms with van der Waals surface area (Å²) in [7, 11) is 0. The summed E-state index contributed by atoms with van der Waals surface area (Å²) in [5.41, 5.74) is -6.40. The van der Waals surface area contributed by atoms with E-state index in [-0.39, 0.29) is 103 Å². The number of benzene rings is 4. The maximum Gasteiger partial charge on any atom is 0.232 e. The maximum atomic E-state index is 15.6. The van der Waals surface area contributed by atoms with Gasteiger partial charge in [-0.15, -0.1) is 0 Å². The molecule has 24 heteroatoms. The second-order valence-electron chi connectivity index (χ2n) is 40.8. The van der Waals surface area contributed by atoms with E-state index >= 15 is 19.2 Å². The van der Waals surface area contributed by atoms with Crippen LogP contribution in [0, 0.1) is 65.0 Å². The van der Waals surface area contributed by atoms with Crippen LogP contribution >= 0.6 is 0 Å². The van der Waals surface area contributed by atoms with Crippen molar-refractivity contribution in [3.8, 4) is 0 Å². The number of anilines is 4. The molecule has 2 aromatic heterocycles. The van der Waals surface area contributed by atoms with Crippen molar-refractivity contribution in [1.82, 2.24) is 35.7 Å². The van der Waals surface area contributed by atoms with Crippen molar-refractivity contribution in [2.45, 2.75) is 334 Å². The van der Waals surface area contributed by atoms with E-state index in [1.165, 1.54) is 0 Å². The molecule has 674 valence electrons. The van der Waals surface area contributed by atoms with Gasteiger partial charge in [-0.3, -0.25) is 83.6 Å². The lowest BCUT2D eigenvalue weighted by Crippen LogP contribution is -2.65. The molecule has 4 unspecified atom stereocenters. The van der Waals surface area contributed by atoms with Crippen molar-refractivity contribution in [2.75, 3.05) is 27.8 Å². The Labute approximate surface area is 736 Å². The number of hydrogen-bond donors (Lipinski definition) is 9. The van der Waals surface area contributed by atoms with Crippen LogP contribution in [0.1, 0.15) is 321 Å². The Bertz CT molecular complexity index is 4890. The van der Waals surface area contributed by atoms with Gasteiger partial charge >= 0.3 is 0 Å². The molecule has 0 radical (unpaired) electrons. The first-order chi connectivity index (χ1) is 59.7. The summed E-state index contributed by atoms with van der Waals surface area (Å²) < 4.78 is 4.19. The van der Waals surface area contributed by atoms with Gasteiger partial charge in [-0.25, -0.2) is 0 Å². The Morgan fingerprint density at radius 1 is 0.272 bits per heavy atom. The van der Waals surface area contributed by atoms with Gasteiger partial charge in [-0.2, -0.15) is 0 Å². The predicted molar refractivity (Wildman–Crippen MR) is 487 cm³/mol. The average Bonchev–Trinajstić information content (AvgIpc) is 1.70. The summed E-state index contributed by atoms with van der Waals surface area (Å²) >= 11 is 0. The molecule has 4 saturated heterocycles. The van der Waals surface area contributed by atoms with Crippen molar-refractivity contribution >= 4 is 143 Å². The zero-order valence-corrected chi connectivity index (χ0v) is 76.4. The number of nitrogens with zero attached hydrogens (tertiary/aromatic N) is 2. The van der Waals surface area contributed by atoms with Crippen LogP contribution in [-0.4, -0.2) is 92.5 Å². The molecule has 9 N–H and O–H groups in total. The monoisotopic (exact) mass is 1710 g/mol. The first-order valence-corrected chi connectivity index (χ1v) is 47.8. The molecule has 14 rings (SSSR count). The van der Waals surface area contributed by atoms with E-state index in [9.17, 15) is 43.2 Å². The van der Waals surface area contributed by atoms with Gasteiger partial charge in [-0.1, -0.05) is 160 Å². The number of hydrogen-bond acceptors (Lipinski definition) is 13. The number of nitrogens with one attached hydrogen (secondary N) is 9. The van der Waals surface area contributed by atoms with E-state index in [0.717, 1.165) is 43.6 Å². The molecule has 8 aliphatic rings. The van der Waals surface area contributed by atoms with E-state index in [0.29, 0.717) is 254 Å². The summed E-state index contributed by atoms with van der Waals surface area (Å²) in [5.74, 6) is -3.67. The topological polar surface area (TPSA) is 340 Å². The molecular weight excluding hydrogens is 1580 g/mol. The van der Waals surface area contributed by atoms with Crippen LogP contribution in [0.15, 0.2) is 72.8 Å². The van der Waals surface area contributed by atoms with Crippen molar-refractivity contribution < 1.29 is 62.3 Å². The number of aromatic nitrogens is 2. The molecule has 4 aromatic carbocycles. The number of amides is 13. The van der Waals surface area contributed by atoms with E-state index < -0.39 is 65.0 Å². The Hall–Kier alpha value is -9.61. The van der Waals surface area contributed by atoms with E-state index in [4.69, 9.17) is 0 Å². The molecule has 6 heterocycles. The van der Waals surface area contributed by atoms with Gasteiger partial charge in [0.2, 0.25) is 76.8 Å². The summed E-state index contributed by atoms with van der Waals surface area (Å²) in [5, 5.41) is 30.6. The smallest absolute Gasteiger partial charge is 0.232 e. The molecule has 6 aromatic rings. The van der Waals surface area contributed by atoms with Crippen molar-refractivity contribution in [3.63, 3.8) is 0 Å². The normalized spacial score (nSPS) is 30.6. The molecular formula is C101H137N11O13. The Morgan fingerprint density at radius 2 is 0.464 bits per heavy atom. The lowest BCUT2D eigenvalue weighted by atomic mass is 9.47. The van der Waals surface area contributed by atoms with Gasteiger partial charge < -0.3 is 35.7 Å². The number of carbonyl (C=O) groups excluding carboxylic acids is 13. The molecule has 13 amide bonds. The molecule has 4 saturated carbocycles. The van der Waals surface area contributed by atoms with Crippen molar-refractivity contribution in [1.29, 1.82) is 0 Å². The fraction of sp³-hybridized carbons (Fsp3) is 0.634. The van der Waals surface area contributed by atoms with Gasteiger partial charge in [0, 0.05) is 92.4 Å². The fourth-order valence-corrected chi connectivity index (χ4v) is 27.8. The Balaban J connectivity index is 0.793. The fourth-order valence-electron chi connectivity index (χ4n) is 27.8. The van der Waals surface area contributed by atoms with E-state index in [1.54, 1.807) is 0 Å². The van der Waals surface area contributed by atoms with E-state index in [1.807, 2.05) is 156 Å². The Morgan fingerprint density at radius 3 is 0.656 bits per heavy atom. The number of fused-ring (bicyclic) bond motifs is 14. The molecule has 125 heavy (non-hydrogen) atoms. The molecule has 8 fully saturated rings. The SMILES string of the molecule is CCCC1(C(=O)Nc2ccc3c(c2)c2cc(NC(=O)C4(CCC)C[C@@]5(CCC)C[C@@](CCC)(C4)C(=O)NC5=O)ccc2n3CCNC(=O)CCn2c3ccc(NC(=O)C4(CCC)C[C@@]5(CCC)C[C@@](CCC)(C4)C(=O)NC5=O)cc3c3cc(NC(=O)C4(CCC)C[C@@]5(CCC)C[C@@](CCC)(C4)C(=O)NC5=O)ccc32)C[C@@]2(CCC)C[C@@](CCC)(C1)C(=O)NC2=O. The minimum absolute atomic E-state index is 0.0276. The predicted octanol–water partition coefficient (Wildman–Crippen LogP) is 18.7. The van der Waals surface area contributed by atoms with Gasteiger partial charge in [0.25, 0.3) is 0 Å². The summed E-state index contributed by atoms with van der Waals surface area (Å²) in [6, 6.07) is 22.9. The third-order valence-electron chi connectivity index (χ3n) is 31.5. The average molecular weight is 1710 g/mol. The van der Waals surface area contributed by atoms with Gasteiger partial charge in [-0.05, 0) is 227 Å². The molecule has 0 spiro atoms. The zero-order chi connectivity index (χ0) is 89.7. The number of aryl methyl sites for hydroxylation is 1. The van der Waals surface area contributed by atoms with Gasteiger partial charge in [0.1, 0.15) is 0 Å². The van der Waals surface area contributed by atoms with Crippen LogP contribution in [0.4, 0.5) is 22.7 Å². The van der Waals surface area contributed by atoms with Crippen LogP contribution in [0.2, 0.25) is 0 Å². The minimum Gasteiger partial charge on any atom is -0.354 e. The summed E-state index contributed by atoms with van der Waals surface area (Å²) in [6.07, 6.45) is 18.5.